The van der Waals surface area contributed by atoms with Gasteiger partial charge in [-0.25, -0.2) is 4.39 Å². The number of amides is 2. The van der Waals surface area contributed by atoms with Crippen molar-refractivity contribution in [3.05, 3.63) is 52.6 Å². The molecule has 0 unspecified atom stereocenters. The molecule has 0 atom stereocenters. The Kier molecular flexibility index (Phi) is 5.35. The molecule has 1 saturated heterocycles. The average Bonchev–Trinajstić information content (AvgIpc) is 2.99. The Bertz CT molecular complexity index is 792. The molecular weight excluding hydrogens is 335 g/mol. The normalized spacial score (nSPS) is 15.1. The van der Waals surface area contributed by atoms with Crippen LogP contribution in [0.1, 0.15) is 40.2 Å². The van der Waals surface area contributed by atoms with Crippen molar-refractivity contribution >= 4 is 11.8 Å². The zero-order valence-corrected chi connectivity index (χ0v) is 15.0. The maximum absolute atomic E-state index is 12.9. The van der Waals surface area contributed by atoms with Gasteiger partial charge in [0.1, 0.15) is 5.82 Å². The lowest BCUT2D eigenvalue weighted by molar-refractivity contribution is -0.126. The number of hydrogen-bond donors (Lipinski definition) is 2. The highest BCUT2D eigenvalue weighted by molar-refractivity contribution is 5.94. The Morgan fingerprint density at radius 1 is 1.23 bits per heavy atom. The third kappa shape index (κ3) is 3.92. The highest BCUT2D eigenvalue weighted by Crippen LogP contribution is 2.20. The second-order valence-electron chi connectivity index (χ2n) is 6.73. The summed E-state index contributed by atoms with van der Waals surface area (Å²) < 4.78 is 12.9. The number of aryl methyl sites for hydroxylation is 1. The van der Waals surface area contributed by atoms with E-state index >= 15 is 0 Å². The van der Waals surface area contributed by atoms with Crippen molar-refractivity contribution < 1.29 is 14.0 Å². The first kappa shape index (κ1) is 18.1. The Labute approximate surface area is 151 Å². The Morgan fingerprint density at radius 3 is 2.46 bits per heavy atom. The van der Waals surface area contributed by atoms with Crippen molar-refractivity contribution in [1.29, 1.82) is 0 Å². The molecule has 1 aromatic heterocycles. The minimum absolute atomic E-state index is 0.0202. The highest BCUT2D eigenvalue weighted by Gasteiger charge is 2.29. The second kappa shape index (κ2) is 7.68. The number of piperidine rings is 1. The molecule has 1 aliphatic heterocycles. The van der Waals surface area contributed by atoms with E-state index in [2.05, 4.69) is 15.5 Å². The summed E-state index contributed by atoms with van der Waals surface area (Å²) in [4.78, 5) is 26.7. The van der Waals surface area contributed by atoms with Gasteiger partial charge in [-0.05, 0) is 44.4 Å². The van der Waals surface area contributed by atoms with E-state index in [1.54, 1.807) is 17.0 Å². The van der Waals surface area contributed by atoms with Crippen LogP contribution in [0.5, 0.6) is 0 Å². The standard InChI is InChI=1S/C19H23FN4O2/c1-12-13(2)22-23-17(12)19(26)24-9-7-15(8-10-24)18(25)21-11-14-3-5-16(20)6-4-14/h3-6,15H,7-11H2,1-2H3,(H,21,25)(H,22,23). The number of likely N-dealkylation sites (tertiary alicyclic amines) is 1. The molecule has 1 fully saturated rings. The number of aromatic amines is 1. The maximum Gasteiger partial charge on any atom is 0.274 e. The van der Waals surface area contributed by atoms with Gasteiger partial charge in [-0.15, -0.1) is 0 Å². The quantitative estimate of drug-likeness (QED) is 0.881. The molecule has 2 N–H and O–H groups in total. The number of halogens is 1. The summed E-state index contributed by atoms with van der Waals surface area (Å²) in [6.45, 7) is 5.22. The third-order valence-electron chi connectivity index (χ3n) is 4.99. The molecule has 6 nitrogen and oxygen atoms in total. The molecule has 2 aromatic rings. The van der Waals surface area contributed by atoms with E-state index in [0.717, 1.165) is 16.8 Å². The van der Waals surface area contributed by atoms with E-state index in [-0.39, 0.29) is 23.5 Å². The Morgan fingerprint density at radius 2 is 1.88 bits per heavy atom. The van der Waals surface area contributed by atoms with Crippen LogP contribution in [-0.2, 0) is 11.3 Å². The first-order chi connectivity index (χ1) is 12.5. The largest absolute Gasteiger partial charge is 0.352 e. The predicted molar refractivity (Wildman–Crippen MR) is 94.9 cm³/mol. The van der Waals surface area contributed by atoms with Gasteiger partial charge in [-0.3, -0.25) is 14.7 Å². The zero-order valence-electron chi connectivity index (χ0n) is 15.0. The van der Waals surface area contributed by atoms with Gasteiger partial charge in [0.25, 0.3) is 5.91 Å². The molecule has 138 valence electrons. The van der Waals surface area contributed by atoms with Crippen LogP contribution in [0.15, 0.2) is 24.3 Å². The Hall–Kier alpha value is -2.70. The minimum atomic E-state index is -0.292. The SMILES string of the molecule is Cc1[nH]nc(C(=O)N2CCC(C(=O)NCc3ccc(F)cc3)CC2)c1C. The number of nitrogens with zero attached hydrogens (tertiary/aromatic N) is 2. The van der Waals surface area contributed by atoms with E-state index in [0.29, 0.717) is 38.2 Å². The number of aromatic nitrogens is 2. The number of hydrogen-bond acceptors (Lipinski definition) is 3. The fourth-order valence-electron chi connectivity index (χ4n) is 3.12. The lowest BCUT2D eigenvalue weighted by Gasteiger charge is -2.31. The van der Waals surface area contributed by atoms with Crippen molar-refractivity contribution in [2.24, 2.45) is 5.92 Å². The van der Waals surface area contributed by atoms with E-state index < -0.39 is 0 Å². The van der Waals surface area contributed by atoms with Gasteiger partial charge < -0.3 is 10.2 Å². The molecule has 2 heterocycles. The van der Waals surface area contributed by atoms with Gasteiger partial charge in [0.05, 0.1) is 0 Å². The van der Waals surface area contributed by atoms with Gasteiger partial charge in [0, 0.05) is 36.8 Å². The van der Waals surface area contributed by atoms with Gasteiger partial charge in [0.2, 0.25) is 5.91 Å². The second-order valence-corrected chi connectivity index (χ2v) is 6.73. The summed E-state index contributed by atoms with van der Waals surface area (Å²) in [6, 6.07) is 6.07. The van der Waals surface area contributed by atoms with Gasteiger partial charge in [-0.2, -0.15) is 5.10 Å². The van der Waals surface area contributed by atoms with E-state index in [1.807, 2.05) is 13.8 Å². The van der Waals surface area contributed by atoms with Crippen molar-refractivity contribution in [1.82, 2.24) is 20.4 Å². The maximum atomic E-state index is 12.9. The van der Waals surface area contributed by atoms with E-state index in [1.165, 1.54) is 12.1 Å². The molecule has 3 rings (SSSR count). The van der Waals surface area contributed by atoms with Crippen molar-refractivity contribution in [2.45, 2.75) is 33.2 Å². The lowest BCUT2D eigenvalue weighted by atomic mass is 9.95. The van der Waals surface area contributed by atoms with Crippen LogP contribution in [0.3, 0.4) is 0 Å². The zero-order chi connectivity index (χ0) is 18.7. The lowest BCUT2D eigenvalue weighted by Crippen LogP contribution is -2.43. The number of benzene rings is 1. The number of rotatable bonds is 4. The van der Waals surface area contributed by atoms with Gasteiger partial charge in [0.15, 0.2) is 5.69 Å². The molecule has 7 heteroatoms. The van der Waals surface area contributed by atoms with Gasteiger partial charge in [-0.1, -0.05) is 12.1 Å². The van der Waals surface area contributed by atoms with Crippen molar-refractivity contribution in [3.8, 4) is 0 Å². The van der Waals surface area contributed by atoms with Crippen LogP contribution in [0.2, 0.25) is 0 Å². The van der Waals surface area contributed by atoms with Crippen LogP contribution in [0.4, 0.5) is 4.39 Å². The molecule has 26 heavy (non-hydrogen) atoms. The van der Waals surface area contributed by atoms with Gasteiger partial charge >= 0.3 is 0 Å². The molecule has 0 aliphatic carbocycles. The molecule has 2 amide bonds. The fraction of sp³-hybridized carbons (Fsp3) is 0.421. The highest BCUT2D eigenvalue weighted by atomic mass is 19.1. The third-order valence-corrected chi connectivity index (χ3v) is 4.99. The first-order valence-corrected chi connectivity index (χ1v) is 8.78. The summed E-state index contributed by atoms with van der Waals surface area (Å²) in [6.07, 6.45) is 1.26. The van der Waals surface area contributed by atoms with Crippen LogP contribution >= 0.6 is 0 Å². The molecule has 0 spiro atoms. The van der Waals surface area contributed by atoms with E-state index in [9.17, 15) is 14.0 Å². The fourth-order valence-corrected chi connectivity index (χ4v) is 3.12. The average molecular weight is 358 g/mol. The summed E-state index contributed by atoms with van der Waals surface area (Å²) in [5.41, 5.74) is 3.08. The summed E-state index contributed by atoms with van der Waals surface area (Å²) in [5, 5.41) is 9.82. The number of carbonyl (C=O) groups excluding carboxylic acids is 2. The predicted octanol–water partition coefficient (Wildman–Crippen LogP) is 2.33. The van der Waals surface area contributed by atoms with Crippen LogP contribution in [-0.4, -0.2) is 40.0 Å². The summed E-state index contributed by atoms with van der Waals surface area (Å²) in [5.74, 6) is -0.508. The smallest absolute Gasteiger partial charge is 0.274 e. The summed E-state index contributed by atoms with van der Waals surface area (Å²) >= 11 is 0. The topological polar surface area (TPSA) is 78.1 Å². The molecule has 0 radical (unpaired) electrons. The minimum Gasteiger partial charge on any atom is -0.352 e. The molecular formula is C19H23FN4O2. The van der Waals surface area contributed by atoms with E-state index in [4.69, 9.17) is 0 Å². The molecule has 0 bridgehead atoms. The Balaban J connectivity index is 1.50. The molecule has 1 aliphatic rings. The number of carbonyl (C=O) groups is 2. The monoisotopic (exact) mass is 358 g/mol. The van der Waals surface area contributed by atoms with Crippen LogP contribution in [0, 0.1) is 25.6 Å². The number of H-pyrrole nitrogens is 1. The van der Waals surface area contributed by atoms with Crippen molar-refractivity contribution in [3.63, 3.8) is 0 Å². The molecule has 1 aromatic carbocycles. The first-order valence-electron chi connectivity index (χ1n) is 8.78. The summed E-state index contributed by atoms with van der Waals surface area (Å²) in [7, 11) is 0. The van der Waals surface area contributed by atoms with Crippen LogP contribution < -0.4 is 5.32 Å². The molecule has 0 saturated carbocycles. The van der Waals surface area contributed by atoms with Crippen molar-refractivity contribution in [2.75, 3.05) is 13.1 Å². The van der Waals surface area contributed by atoms with Crippen LogP contribution in [0.25, 0.3) is 0 Å². The number of nitrogens with one attached hydrogen (secondary N) is 2.